The van der Waals surface area contributed by atoms with Gasteiger partial charge in [-0.05, 0) is 43.6 Å². The lowest BCUT2D eigenvalue weighted by molar-refractivity contribution is -0.122. The summed E-state index contributed by atoms with van der Waals surface area (Å²) in [4.78, 5) is 11.9. The Bertz CT molecular complexity index is 235. The highest BCUT2D eigenvalue weighted by Crippen LogP contribution is 2.22. The Morgan fingerprint density at radius 2 is 1.94 bits per heavy atom. The van der Waals surface area contributed by atoms with Gasteiger partial charge in [0.2, 0.25) is 5.91 Å². The van der Waals surface area contributed by atoms with Gasteiger partial charge in [0.05, 0.1) is 0 Å². The maximum absolute atomic E-state index is 11.9. The van der Waals surface area contributed by atoms with Gasteiger partial charge in [-0.3, -0.25) is 4.79 Å². The Hall–Kier alpha value is -0.570. The number of amides is 1. The van der Waals surface area contributed by atoms with Crippen LogP contribution in [0.1, 0.15) is 58.8 Å². The van der Waals surface area contributed by atoms with E-state index in [4.69, 9.17) is 5.73 Å². The lowest BCUT2D eigenvalue weighted by atomic mass is 9.89. The fraction of sp³-hybridized carbons (Fsp3) is 0.933. The van der Waals surface area contributed by atoms with E-state index in [0.29, 0.717) is 30.7 Å². The van der Waals surface area contributed by atoms with Crippen molar-refractivity contribution in [3.05, 3.63) is 0 Å². The lowest BCUT2D eigenvalue weighted by Gasteiger charge is -2.22. The van der Waals surface area contributed by atoms with Gasteiger partial charge in [0.15, 0.2) is 0 Å². The first-order valence-corrected chi connectivity index (χ1v) is 7.58. The van der Waals surface area contributed by atoms with Gasteiger partial charge < -0.3 is 11.1 Å². The molecule has 0 heterocycles. The van der Waals surface area contributed by atoms with E-state index in [2.05, 4.69) is 19.2 Å². The highest BCUT2D eigenvalue weighted by Gasteiger charge is 2.17. The van der Waals surface area contributed by atoms with E-state index in [0.717, 1.165) is 13.0 Å². The van der Waals surface area contributed by atoms with Gasteiger partial charge in [0, 0.05) is 13.0 Å². The number of carbonyl (C=O) groups excluding carboxylic acids is 1. The maximum Gasteiger partial charge on any atom is 0.220 e. The van der Waals surface area contributed by atoms with Crippen LogP contribution in [0.2, 0.25) is 0 Å². The molecule has 1 aliphatic rings. The highest BCUT2D eigenvalue weighted by atomic mass is 16.1. The first kappa shape index (κ1) is 15.5. The van der Waals surface area contributed by atoms with Crippen molar-refractivity contribution < 1.29 is 4.79 Å². The maximum atomic E-state index is 11.9. The van der Waals surface area contributed by atoms with Crippen LogP contribution >= 0.6 is 0 Å². The van der Waals surface area contributed by atoms with Crippen LogP contribution in [0.5, 0.6) is 0 Å². The van der Waals surface area contributed by atoms with E-state index >= 15 is 0 Å². The summed E-state index contributed by atoms with van der Waals surface area (Å²) in [5.74, 6) is 1.86. The molecule has 1 atom stereocenters. The second-order valence-electron chi connectivity index (χ2n) is 6.24. The number of hydrogen-bond donors (Lipinski definition) is 2. The lowest BCUT2D eigenvalue weighted by Crippen LogP contribution is -2.33. The third kappa shape index (κ3) is 6.39. The zero-order chi connectivity index (χ0) is 13.4. The van der Waals surface area contributed by atoms with E-state index < -0.39 is 0 Å². The van der Waals surface area contributed by atoms with Gasteiger partial charge in [-0.25, -0.2) is 0 Å². The summed E-state index contributed by atoms with van der Waals surface area (Å²) in [6, 6.07) is 0. The fourth-order valence-electron chi connectivity index (χ4n) is 2.91. The third-order valence-electron chi connectivity index (χ3n) is 3.92. The van der Waals surface area contributed by atoms with Gasteiger partial charge >= 0.3 is 0 Å². The van der Waals surface area contributed by atoms with Gasteiger partial charge in [-0.2, -0.15) is 0 Å². The van der Waals surface area contributed by atoms with Crippen molar-refractivity contribution in [3.63, 3.8) is 0 Å². The van der Waals surface area contributed by atoms with Crippen LogP contribution in [0.4, 0.5) is 0 Å². The van der Waals surface area contributed by atoms with Gasteiger partial charge in [-0.15, -0.1) is 0 Å². The zero-order valence-corrected chi connectivity index (χ0v) is 12.1. The Balaban J connectivity index is 2.18. The second-order valence-corrected chi connectivity index (χ2v) is 6.24. The molecule has 0 bridgehead atoms. The molecule has 0 aromatic heterocycles. The molecule has 0 aliphatic heterocycles. The van der Waals surface area contributed by atoms with Crippen molar-refractivity contribution >= 4 is 5.91 Å². The molecule has 3 heteroatoms. The summed E-state index contributed by atoms with van der Waals surface area (Å²) < 4.78 is 0. The first-order valence-electron chi connectivity index (χ1n) is 7.58. The van der Waals surface area contributed by atoms with E-state index in [9.17, 15) is 4.79 Å². The summed E-state index contributed by atoms with van der Waals surface area (Å²) in [6.07, 6.45) is 8.25. The Kier molecular flexibility index (Phi) is 7.33. The Morgan fingerprint density at radius 3 is 2.50 bits per heavy atom. The van der Waals surface area contributed by atoms with Crippen molar-refractivity contribution in [1.29, 1.82) is 0 Å². The quantitative estimate of drug-likeness (QED) is 0.734. The molecule has 0 saturated heterocycles. The van der Waals surface area contributed by atoms with E-state index in [1.165, 1.54) is 32.1 Å². The van der Waals surface area contributed by atoms with Gasteiger partial charge in [0.25, 0.3) is 0 Å². The predicted octanol–water partition coefficient (Wildman–Crippen LogP) is 2.69. The fourth-order valence-corrected chi connectivity index (χ4v) is 2.91. The zero-order valence-electron chi connectivity index (χ0n) is 12.1. The van der Waals surface area contributed by atoms with Crippen molar-refractivity contribution in [2.45, 2.75) is 58.8 Å². The minimum atomic E-state index is 0.191. The smallest absolute Gasteiger partial charge is 0.220 e. The summed E-state index contributed by atoms with van der Waals surface area (Å²) in [5.41, 5.74) is 5.73. The molecule has 0 radical (unpaired) electrons. The predicted molar refractivity (Wildman–Crippen MR) is 76.2 cm³/mol. The van der Waals surface area contributed by atoms with Crippen molar-refractivity contribution in [2.24, 2.45) is 23.5 Å². The average Bonchev–Trinajstić information content (AvgIpc) is 2.36. The molecular weight excluding hydrogens is 224 g/mol. The Morgan fingerprint density at radius 1 is 1.28 bits per heavy atom. The minimum absolute atomic E-state index is 0.191. The van der Waals surface area contributed by atoms with Gasteiger partial charge in [0.1, 0.15) is 0 Å². The summed E-state index contributed by atoms with van der Waals surface area (Å²) in [6.45, 7) is 5.86. The monoisotopic (exact) mass is 254 g/mol. The average molecular weight is 254 g/mol. The normalized spacial score (nSPS) is 18.9. The summed E-state index contributed by atoms with van der Waals surface area (Å²) in [7, 11) is 0. The summed E-state index contributed by atoms with van der Waals surface area (Å²) >= 11 is 0. The molecule has 1 aliphatic carbocycles. The molecule has 0 aromatic rings. The third-order valence-corrected chi connectivity index (χ3v) is 3.92. The van der Waals surface area contributed by atoms with E-state index in [1.54, 1.807) is 0 Å². The van der Waals surface area contributed by atoms with Crippen LogP contribution < -0.4 is 11.1 Å². The molecule has 1 saturated carbocycles. The van der Waals surface area contributed by atoms with E-state index in [-0.39, 0.29) is 5.91 Å². The van der Waals surface area contributed by atoms with Crippen LogP contribution in [0, 0.1) is 17.8 Å². The van der Waals surface area contributed by atoms with Gasteiger partial charge in [-0.1, -0.05) is 33.1 Å². The topological polar surface area (TPSA) is 55.1 Å². The number of carbonyl (C=O) groups is 1. The molecule has 1 fully saturated rings. The van der Waals surface area contributed by atoms with Crippen molar-refractivity contribution in [1.82, 2.24) is 5.32 Å². The van der Waals surface area contributed by atoms with Crippen molar-refractivity contribution in [2.75, 3.05) is 13.1 Å². The van der Waals surface area contributed by atoms with E-state index in [1.807, 2.05) is 0 Å². The number of hydrogen-bond acceptors (Lipinski definition) is 2. The number of nitrogens with one attached hydrogen (secondary N) is 1. The van der Waals surface area contributed by atoms with Crippen LogP contribution in [0.15, 0.2) is 0 Å². The summed E-state index contributed by atoms with van der Waals surface area (Å²) in [5, 5.41) is 3.10. The molecule has 1 unspecified atom stereocenters. The molecule has 1 rings (SSSR count). The minimum Gasteiger partial charge on any atom is -0.356 e. The molecule has 106 valence electrons. The van der Waals surface area contributed by atoms with Crippen LogP contribution in [-0.4, -0.2) is 19.0 Å². The SMILES string of the molecule is CC(C)CC(CN)CC(=O)NCC1CCCCC1. The molecule has 3 N–H and O–H groups in total. The molecule has 1 amide bonds. The molecular formula is C15H30N2O. The van der Waals surface area contributed by atoms with Crippen LogP contribution in [-0.2, 0) is 4.79 Å². The largest absolute Gasteiger partial charge is 0.356 e. The van der Waals surface area contributed by atoms with Crippen molar-refractivity contribution in [3.8, 4) is 0 Å². The molecule has 3 nitrogen and oxygen atoms in total. The highest BCUT2D eigenvalue weighted by molar-refractivity contribution is 5.76. The molecule has 18 heavy (non-hydrogen) atoms. The molecule has 0 aromatic carbocycles. The number of rotatable bonds is 7. The van der Waals surface area contributed by atoms with Crippen LogP contribution in [0.3, 0.4) is 0 Å². The Labute approximate surface area is 112 Å². The van der Waals surface area contributed by atoms with Crippen LogP contribution in [0.25, 0.3) is 0 Å². The second kappa shape index (κ2) is 8.52. The molecule has 0 spiro atoms. The first-order chi connectivity index (χ1) is 8.61. The number of nitrogens with two attached hydrogens (primary N) is 1. The standard InChI is InChI=1S/C15H30N2O/c1-12(2)8-14(10-16)9-15(18)17-11-13-6-4-3-5-7-13/h12-14H,3-11,16H2,1-2H3,(H,17,18).